The number of rotatable bonds is 11. The molecule has 1 heterocycles. The minimum absolute atomic E-state index is 0. The first-order valence-corrected chi connectivity index (χ1v) is 10.9. The lowest BCUT2D eigenvalue weighted by atomic mass is 9.90. The van der Waals surface area contributed by atoms with Crippen molar-refractivity contribution in [1.29, 1.82) is 0 Å². The molecule has 1 amide bonds. The first-order valence-electron chi connectivity index (χ1n) is 10.9. The number of benzene rings is 1. The van der Waals surface area contributed by atoms with Crippen LogP contribution in [-0.4, -0.2) is 55.5 Å². The van der Waals surface area contributed by atoms with E-state index in [4.69, 9.17) is 4.99 Å². The zero-order valence-corrected chi connectivity index (χ0v) is 21.4. The van der Waals surface area contributed by atoms with Crippen LogP contribution in [0.3, 0.4) is 0 Å². The molecule has 31 heavy (non-hydrogen) atoms. The van der Waals surface area contributed by atoms with E-state index >= 15 is 0 Å². The summed E-state index contributed by atoms with van der Waals surface area (Å²) in [5.41, 5.74) is 2.08. The molecule has 0 fully saturated rings. The Morgan fingerprint density at radius 3 is 2.55 bits per heavy atom. The lowest BCUT2D eigenvalue weighted by molar-refractivity contribution is -0.116. The van der Waals surface area contributed by atoms with Crippen LogP contribution in [0.15, 0.2) is 54.6 Å². The Bertz CT molecular complexity index is 739. The summed E-state index contributed by atoms with van der Waals surface area (Å²) >= 11 is 0. The number of guanidine groups is 1. The van der Waals surface area contributed by atoms with Gasteiger partial charge in [0, 0.05) is 50.2 Å². The fourth-order valence-corrected chi connectivity index (χ4v) is 3.86. The van der Waals surface area contributed by atoms with Crippen LogP contribution in [-0.2, 0) is 4.79 Å². The first kappa shape index (κ1) is 27.2. The number of anilines is 1. The molecule has 0 aliphatic carbocycles. The Kier molecular flexibility index (Phi) is 12.5. The third-order valence-corrected chi connectivity index (χ3v) is 5.37. The van der Waals surface area contributed by atoms with E-state index in [2.05, 4.69) is 60.8 Å². The van der Waals surface area contributed by atoms with E-state index < -0.39 is 0 Å². The normalized spacial score (nSPS) is 16.7. The molecule has 0 radical (unpaired) electrons. The second-order valence-corrected chi connectivity index (χ2v) is 7.98. The topological polar surface area (TPSA) is 68.8 Å². The zero-order chi connectivity index (χ0) is 21.9. The number of hydrogen-bond donors (Lipinski definition) is 3. The lowest BCUT2D eigenvalue weighted by Gasteiger charge is -2.32. The maximum Gasteiger partial charge on any atom is 0.225 e. The van der Waals surface area contributed by atoms with Crippen molar-refractivity contribution in [3.8, 4) is 0 Å². The number of halogens is 1. The van der Waals surface area contributed by atoms with E-state index in [1.54, 1.807) is 0 Å². The average Bonchev–Trinajstić information content (AvgIpc) is 2.71. The van der Waals surface area contributed by atoms with E-state index in [0.717, 1.165) is 31.3 Å². The van der Waals surface area contributed by atoms with Crippen LogP contribution < -0.4 is 16.0 Å². The molecule has 2 unspecified atom stereocenters. The van der Waals surface area contributed by atoms with E-state index in [-0.39, 0.29) is 41.8 Å². The molecule has 1 aliphatic rings. The van der Waals surface area contributed by atoms with Crippen molar-refractivity contribution in [3.63, 3.8) is 0 Å². The average molecular weight is 540 g/mol. The molecule has 6 nitrogen and oxygen atoms in total. The summed E-state index contributed by atoms with van der Waals surface area (Å²) in [7, 11) is 0. The Labute approximate surface area is 204 Å². The Hall–Kier alpha value is -1.87. The van der Waals surface area contributed by atoms with Crippen molar-refractivity contribution in [2.45, 2.75) is 39.2 Å². The molecule has 172 valence electrons. The maximum atomic E-state index is 12.1. The third-order valence-electron chi connectivity index (χ3n) is 5.37. The molecule has 7 heteroatoms. The molecule has 1 aliphatic heterocycles. The predicted octanol–water partition coefficient (Wildman–Crippen LogP) is 3.98. The first-order chi connectivity index (χ1) is 14.5. The summed E-state index contributed by atoms with van der Waals surface area (Å²) < 4.78 is 0. The smallest absolute Gasteiger partial charge is 0.225 e. The van der Waals surface area contributed by atoms with Gasteiger partial charge in [0.25, 0.3) is 0 Å². The van der Waals surface area contributed by atoms with Crippen molar-refractivity contribution >= 4 is 41.5 Å². The van der Waals surface area contributed by atoms with Crippen molar-refractivity contribution in [2.75, 3.05) is 38.0 Å². The summed E-state index contributed by atoms with van der Waals surface area (Å²) in [4.78, 5) is 19.3. The molecule has 0 aromatic heterocycles. The number of fused-ring (bicyclic) bond motifs is 1. The van der Waals surface area contributed by atoms with Gasteiger partial charge in [-0.25, -0.2) is 0 Å². The fraction of sp³-hybridized carbons (Fsp3) is 0.500. The number of nitrogens with zero attached hydrogens (tertiary/aromatic N) is 2. The van der Waals surface area contributed by atoms with Gasteiger partial charge in [-0.2, -0.15) is 0 Å². The van der Waals surface area contributed by atoms with Gasteiger partial charge >= 0.3 is 0 Å². The maximum absolute atomic E-state index is 12.1. The number of carbonyl (C=O) groups is 1. The highest BCUT2D eigenvalue weighted by molar-refractivity contribution is 14.0. The predicted molar refractivity (Wildman–Crippen MR) is 142 cm³/mol. The Balaban J connectivity index is 0.00000480. The number of nitrogens with one attached hydrogen (secondary N) is 3. The lowest BCUT2D eigenvalue weighted by Crippen LogP contribution is -2.44. The molecule has 2 rings (SSSR count). The fourth-order valence-electron chi connectivity index (χ4n) is 3.86. The molecule has 0 bridgehead atoms. The van der Waals surface area contributed by atoms with E-state index in [1.165, 1.54) is 5.56 Å². The van der Waals surface area contributed by atoms with Crippen LogP contribution in [0.5, 0.6) is 0 Å². The summed E-state index contributed by atoms with van der Waals surface area (Å²) in [5, 5.41) is 9.74. The van der Waals surface area contributed by atoms with E-state index in [0.29, 0.717) is 25.4 Å². The highest BCUT2D eigenvalue weighted by Crippen LogP contribution is 2.31. The van der Waals surface area contributed by atoms with Crippen LogP contribution in [0.25, 0.3) is 0 Å². The standard InChI is InChI=1S/C24H37N5O.HI/c1-6-13-29(14-7-2)22(18(4)5)17-27-24(25-8-3)26-16-19-15-23(30)28-21-12-10-9-11-20(19)21;/h6-7,9-12,18-19,22H,1-2,8,13-17H2,3-5H3,(H,28,30)(H2,25,26,27);1H. The molecule has 2 atom stereocenters. The number of hydrogen-bond acceptors (Lipinski definition) is 3. The quantitative estimate of drug-likeness (QED) is 0.172. The van der Waals surface area contributed by atoms with Gasteiger partial charge in [0.1, 0.15) is 0 Å². The van der Waals surface area contributed by atoms with Gasteiger partial charge in [0.05, 0.1) is 6.54 Å². The summed E-state index contributed by atoms with van der Waals surface area (Å²) in [6.07, 6.45) is 4.33. The van der Waals surface area contributed by atoms with Crippen LogP contribution in [0.4, 0.5) is 5.69 Å². The highest BCUT2D eigenvalue weighted by Gasteiger charge is 2.25. The highest BCUT2D eigenvalue weighted by atomic mass is 127. The van der Waals surface area contributed by atoms with Gasteiger partial charge in [-0.1, -0.05) is 44.2 Å². The van der Waals surface area contributed by atoms with Crippen LogP contribution in [0, 0.1) is 5.92 Å². The third kappa shape index (κ3) is 8.29. The largest absolute Gasteiger partial charge is 0.357 e. The van der Waals surface area contributed by atoms with Crippen LogP contribution in [0.1, 0.15) is 38.7 Å². The van der Waals surface area contributed by atoms with Gasteiger partial charge in [-0.15, -0.1) is 37.1 Å². The second-order valence-electron chi connectivity index (χ2n) is 7.98. The zero-order valence-electron chi connectivity index (χ0n) is 19.1. The monoisotopic (exact) mass is 539 g/mol. The van der Waals surface area contributed by atoms with E-state index in [9.17, 15) is 4.79 Å². The Morgan fingerprint density at radius 2 is 1.94 bits per heavy atom. The number of carbonyl (C=O) groups excluding carboxylic acids is 1. The summed E-state index contributed by atoms with van der Waals surface area (Å²) in [5.74, 6) is 1.42. The van der Waals surface area contributed by atoms with Gasteiger partial charge in [-0.3, -0.25) is 14.7 Å². The summed E-state index contributed by atoms with van der Waals surface area (Å²) in [6.45, 7) is 18.0. The molecular weight excluding hydrogens is 501 g/mol. The SMILES string of the molecule is C=CCN(CC=C)C(CN=C(NCC)NCC1CC(=O)Nc2ccccc21)C(C)C.I. The van der Waals surface area contributed by atoms with Crippen molar-refractivity contribution < 1.29 is 4.79 Å². The number of aliphatic imine (C=N–C) groups is 1. The number of para-hydroxylation sites is 1. The van der Waals surface area contributed by atoms with Gasteiger partial charge in [-0.05, 0) is 24.5 Å². The van der Waals surface area contributed by atoms with E-state index in [1.807, 2.05) is 30.4 Å². The number of amides is 1. The molecule has 3 N–H and O–H groups in total. The Morgan fingerprint density at radius 1 is 1.26 bits per heavy atom. The molecule has 0 saturated heterocycles. The minimum atomic E-state index is 0. The van der Waals surface area contributed by atoms with Crippen molar-refractivity contribution in [1.82, 2.24) is 15.5 Å². The van der Waals surface area contributed by atoms with Gasteiger partial charge in [0.15, 0.2) is 5.96 Å². The molecule has 0 saturated carbocycles. The molecular formula is C24H38IN5O. The van der Waals surface area contributed by atoms with Gasteiger partial charge in [0.2, 0.25) is 5.91 Å². The van der Waals surface area contributed by atoms with Crippen molar-refractivity contribution in [2.24, 2.45) is 10.9 Å². The summed E-state index contributed by atoms with van der Waals surface area (Å²) in [6, 6.07) is 8.30. The van der Waals surface area contributed by atoms with Crippen molar-refractivity contribution in [3.05, 3.63) is 55.1 Å². The molecule has 0 spiro atoms. The second kappa shape index (κ2) is 14.2. The van der Waals surface area contributed by atoms with Crippen LogP contribution in [0.2, 0.25) is 0 Å². The minimum Gasteiger partial charge on any atom is -0.357 e. The van der Waals surface area contributed by atoms with Crippen LogP contribution >= 0.6 is 24.0 Å². The molecule has 1 aromatic carbocycles. The van der Waals surface area contributed by atoms with Gasteiger partial charge < -0.3 is 16.0 Å². The molecule has 1 aromatic rings.